The van der Waals surface area contributed by atoms with Crippen LogP contribution in [0.15, 0.2) is 0 Å². The molecule has 0 radical (unpaired) electrons. The van der Waals surface area contributed by atoms with Crippen LogP contribution in [0.1, 0.15) is 71.6 Å². The molecule has 0 aromatic heterocycles. The van der Waals surface area contributed by atoms with Crippen LogP contribution >= 0.6 is 0 Å². The van der Waals surface area contributed by atoms with Gasteiger partial charge < -0.3 is 4.90 Å². The van der Waals surface area contributed by atoms with Crippen molar-refractivity contribution in [3.05, 3.63) is 0 Å². The standard InChI is InChI=1S/C15H31N/c1-14(2)10-6-5-9-13-16(3)15-11-7-4-8-12-15/h14-15H,4-13H2,1-3H3. The maximum Gasteiger partial charge on any atom is 0.00922 e. The lowest BCUT2D eigenvalue weighted by Crippen LogP contribution is -2.34. The van der Waals surface area contributed by atoms with Gasteiger partial charge in [-0.2, -0.15) is 0 Å². The first-order chi connectivity index (χ1) is 7.70. The summed E-state index contributed by atoms with van der Waals surface area (Å²) in [5.74, 6) is 0.885. The molecule has 96 valence electrons. The highest BCUT2D eigenvalue weighted by Crippen LogP contribution is 2.21. The van der Waals surface area contributed by atoms with Gasteiger partial charge in [-0.25, -0.2) is 0 Å². The highest BCUT2D eigenvalue weighted by molar-refractivity contribution is 4.73. The fourth-order valence-electron chi connectivity index (χ4n) is 2.79. The predicted octanol–water partition coefficient (Wildman–Crippen LogP) is 4.47. The third-order valence-electron chi connectivity index (χ3n) is 3.99. The Morgan fingerprint density at radius 3 is 2.31 bits per heavy atom. The van der Waals surface area contributed by atoms with Crippen LogP contribution in [0.25, 0.3) is 0 Å². The van der Waals surface area contributed by atoms with Crippen molar-refractivity contribution in [2.45, 2.75) is 77.7 Å². The van der Waals surface area contributed by atoms with Crippen LogP contribution in [-0.2, 0) is 0 Å². The summed E-state index contributed by atoms with van der Waals surface area (Å²) in [6.07, 6.45) is 13.0. The summed E-state index contributed by atoms with van der Waals surface area (Å²) >= 11 is 0. The molecule has 0 spiro atoms. The van der Waals surface area contributed by atoms with E-state index in [1.807, 2.05) is 0 Å². The second-order valence-corrected chi connectivity index (χ2v) is 6.02. The maximum atomic E-state index is 2.62. The molecular weight excluding hydrogens is 194 g/mol. The van der Waals surface area contributed by atoms with E-state index in [4.69, 9.17) is 0 Å². The minimum Gasteiger partial charge on any atom is -0.303 e. The minimum atomic E-state index is 0.885. The zero-order chi connectivity index (χ0) is 11.8. The predicted molar refractivity (Wildman–Crippen MR) is 72.8 cm³/mol. The molecule has 1 aliphatic rings. The fourth-order valence-corrected chi connectivity index (χ4v) is 2.79. The van der Waals surface area contributed by atoms with E-state index in [-0.39, 0.29) is 0 Å². The fraction of sp³-hybridized carbons (Fsp3) is 1.00. The Hall–Kier alpha value is -0.0400. The van der Waals surface area contributed by atoms with Crippen molar-refractivity contribution in [2.24, 2.45) is 5.92 Å². The first-order valence-electron chi connectivity index (χ1n) is 7.40. The van der Waals surface area contributed by atoms with Gasteiger partial charge in [-0.15, -0.1) is 0 Å². The molecular formula is C15H31N. The molecule has 0 atom stereocenters. The summed E-state index contributed by atoms with van der Waals surface area (Å²) in [4.78, 5) is 2.62. The topological polar surface area (TPSA) is 3.24 Å². The summed E-state index contributed by atoms with van der Waals surface area (Å²) in [5, 5.41) is 0. The molecule has 0 bridgehead atoms. The summed E-state index contributed by atoms with van der Waals surface area (Å²) in [6, 6.07) is 0.902. The SMILES string of the molecule is CC(C)CCCCCN(C)C1CCCCC1. The van der Waals surface area contributed by atoms with E-state index in [1.165, 1.54) is 64.3 Å². The van der Waals surface area contributed by atoms with Crippen LogP contribution in [0.5, 0.6) is 0 Å². The second kappa shape index (κ2) is 8.11. The Kier molecular flexibility index (Phi) is 7.11. The van der Waals surface area contributed by atoms with Crippen LogP contribution in [0.4, 0.5) is 0 Å². The molecule has 0 heterocycles. The molecule has 1 saturated carbocycles. The van der Waals surface area contributed by atoms with Gasteiger partial charge >= 0.3 is 0 Å². The molecule has 0 N–H and O–H groups in total. The van der Waals surface area contributed by atoms with E-state index in [0.717, 1.165) is 12.0 Å². The van der Waals surface area contributed by atoms with E-state index in [2.05, 4.69) is 25.8 Å². The van der Waals surface area contributed by atoms with Crippen molar-refractivity contribution in [1.82, 2.24) is 4.90 Å². The van der Waals surface area contributed by atoms with Gasteiger partial charge in [-0.1, -0.05) is 52.4 Å². The number of rotatable bonds is 7. The van der Waals surface area contributed by atoms with E-state index < -0.39 is 0 Å². The smallest absolute Gasteiger partial charge is 0.00922 e. The van der Waals surface area contributed by atoms with Gasteiger partial charge in [0.1, 0.15) is 0 Å². The van der Waals surface area contributed by atoms with Crippen molar-refractivity contribution in [3.63, 3.8) is 0 Å². The van der Waals surface area contributed by atoms with E-state index in [0.29, 0.717) is 0 Å². The van der Waals surface area contributed by atoms with E-state index >= 15 is 0 Å². The zero-order valence-electron chi connectivity index (χ0n) is 11.7. The number of hydrogen-bond donors (Lipinski definition) is 0. The number of hydrogen-bond acceptors (Lipinski definition) is 1. The molecule has 1 fully saturated rings. The molecule has 0 aliphatic heterocycles. The molecule has 0 amide bonds. The summed E-state index contributed by atoms with van der Waals surface area (Å²) in [5.41, 5.74) is 0. The molecule has 1 rings (SSSR count). The molecule has 1 aliphatic carbocycles. The molecule has 0 unspecified atom stereocenters. The van der Waals surface area contributed by atoms with Crippen LogP contribution in [0, 0.1) is 5.92 Å². The highest BCUT2D eigenvalue weighted by atomic mass is 15.1. The molecule has 0 aromatic rings. The monoisotopic (exact) mass is 225 g/mol. The Bertz CT molecular complexity index is 159. The lowest BCUT2D eigenvalue weighted by Gasteiger charge is -2.31. The quantitative estimate of drug-likeness (QED) is 0.578. The number of unbranched alkanes of at least 4 members (excludes halogenated alkanes) is 2. The average molecular weight is 225 g/mol. The lowest BCUT2D eigenvalue weighted by atomic mass is 9.94. The van der Waals surface area contributed by atoms with Gasteiger partial charge in [0.05, 0.1) is 0 Å². The van der Waals surface area contributed by atoms with Gasteiger partial charge in [-0.3, -0.25) is 0 Å². The van der Waals surface area contributed by atoms with E-state index in [1.54, 1.807) is 0 Å². The van der Waals surface area contributed by atoms with Crippen molar-refractivity contribution in [3.8, 4) is 0 Å². The van der Waals surface area contributed by atoms with E-state index in [9.17, 15) is 0 Å². The summed E-state index contributed by atoms with van der Waals surface area (Å²) in [6.45, 7) is 5.98. The van der Waals surface area contributed by atoms with Crippen molar-refractivity contribution in [2.75, 3.05) is 13.6 Å². The third-order valence-corrected chi connectivity index (χ3v) is 3.99. The maximum absolute atomic E-state index is 2.62. The lowest BCUT2D eigenvalue weighted by molar-refractivity contribution is 0.188. The first-order valence-corrected chi connectivity index (χ1v) is 7.40. The average Bonchev–Trinajstić information content (AvgIpc) is 2.29. The second-order valence-electron chi connectivity index (χ2n) is 6.02. The van der Waals surface area contributed by atoms with Gasteiger partial charge in [0.2, 0.25) is 0 Å². The van der Waals surface area contributed by atoms with Crippen LogP contribution in [0.3, 0.4) is 0 Å². The third kappa shape index (κ3) is 5.89. The normalized spacial score (nSPS) is 18.6. The van der Waals surface area contributed by atoms with Crippen LogP contribution in [-0.4, -0.2) is 24.5 Å². The van der Waals surface area contributed by atoms with Gasteiger partial charge in [0.25, 0.3) is 0 Å². The highest BCUT2D eigenvalue weighted by Gasteiger charge is 2.16. The molecule has 1 heteroatoms. The Morgan fingerprint density at radius 2 is 1.69 bits per heavy atom. The zero-order valence-corrected chi connectivity index (χ0v) is 11.7. The number of nitrogens with zero attached hydrogens (tertiary/aromatic N) is 1. The molecule has 1 nitrogen and oxygen atoms in total. The molecule has 16 heavy (non-hydrogen) atoms. The van der Waals surface area contributed by atoms with Gasteiger partial charge in [-0.05, 0) is 38.8 Å². The summed E-state index contributed by atoms with van der Waals surface area (Å²) in [7, 11) is 2.33. The Balaban J connectivity index is 1.98. The minimum absolute atomic E-state index is 0.885. The Labute approximate surface area is 103 Å². The van der Waals surface area contributed by atoms with Crippen LogP contribution < -0.4 is 0 Å². The van der Waals surface area contributed by atoms with Gasteiger partial charge in [0, 0.05) is 6.04 Å². The first kappa shape index (κ1) is 14.0. The van der Waals surface area contributed by atoms with Crippen molar-refractivity contribution >= 4 is 0 Å². The molecule has 0 saturated heterocycles. The summed E-state index contributed by atoms with van der Waals surface area (Å²) < 4.78 is 0. The van der Waals surface area contributed by atoms with Crippen molar-refractivity contribution < 1.29 is 0 Å². The Morgan fingerprint density at radius 1 is 1.00 bits per heavy atom. The largest absolute Gasteiger partial charge is 0.303 e. The molecule has 0 aromatic carbocycles. The van der Waals surface area contributed by atoms with Gasteiger partial charge in [0.15, 0.2) is 0 Å². The van der Waals surface area contributed by atoms with Crippen LogP contribution in [0.2, 0.25) is 0 Å². The van der Waals surface area contributed by atoms with Crippen molar-refractivity contribution in [1.29, 1.82) is 0 Å².